The van der Waals surface area contributed by atoms with E-state index in [1.165, 1.54) is 63.0 Å². The molecule has 0 heterocycles. The fourth-order valence-electron chi connectivity index (χ4n) is 3.51. The van der Waals surface area contributed by atoms with Crippen LogP contribution in [0.15, 0.2) is 52.7 Å². The Morgan fingerprint density at radius 3 is 2.00 bits per heavy atom. The summed E-state index contributed by atoms with van der Waals surface area (Å²) in [5.41, 5.74) is 3.69. The molecule has 0 amide bonds. The molecule has 30 heavy (non-hydrogen) atoms. The molecule has 5 heteroatoms. The third-order valence-corrected chi connectivity index (χ3v) is 5.38. The number of nitrogens with zero attached hydrogens (tertiary/aromatic N) is 3. The van der Waals surface area contributed by atoms with Crippen molar-refractivity contribution in [2.45, 2.75) is 84.5 Å². The second-order valence-electron chi connectivity index (χ2n) is 8.04. The molecule has 2 aromatic carbocycles. The van der Waals surface area contributed by atoms with E-state index in [9.17, 15) is 10.1 Å². The highest BCUT2D eigenvalue weighted by Crippen LogP contribution is 2.28. The van der Waals surface area contributed by atoms with Gasteiger partial charge in [-0.2, -0.15) is 10.2 Å². The summed E-state index contributed by atoms with van der Waals surface area (Å²) in [7, 11) is 0. The first-order chi connectivity index (χ1) is 14.6. The Labute approximate surface area is 180 Å². The third kappa shape index (κ3) is 8.85. The van der Waals surface area contributed by atoms with Crippen LogP contribution in [0.3, 0.4) is 0 Å². The number of unbranched alkanes of at least 4 members (excludes halogenated alkanes) is 9. The summed E-state index contributed by atoms with van der Waals surface area (Å²) < 4.78 is 0. The third-order valence-electron chi connectivity index (χ3n) is 5.38. The van der Waals surface area contributed by atoms with Gasteiger partial charge < -0.3 is 0 Å². The van der Waals surface area contributed by atoms with Gasteiger partial charge in [0.05, 0.1) is 16.3 Å². The lowest BCUT2D eigenvalue weighted by molar-refractivity contribution is -0.384. The average molecular weight is 410 g/mol. The Hall–Kier alpha value is -2.56. The molecule has 0 saturated carbocycles. The number of hydrogen-bond acceptors (Lipinski definition) is 4. The maximum absolute atomic E-state index is 11.2. The number of non-ortho nitro benzene ring substituents is 1. The Bertz CT molecular complexity index is 801. The number of nitro benzene ring substituents is 1. The largest absolute Gasteiger partial charge is 0.269 e. The molecule has 0 aliphatic heterocycles. The molecule has 5 nitrogen and oxygen atoms in total. The predicted octanol–water partition coefficient (Wildman–Crippen LogP) is 8.78. The lowest BCUT2D eigenvalue weighted by Gasteiger charge is -2.06. The first-order valence-corrected chi connectivity index (χ1v) is 11.4. The molecule has 0 N–H and O–H groups in total. The van der Waals surface area contributed by atoms with Crippen LogP contribution >= 0.6 is 0 Å². The number of hydrogen-bond donors (Lipinski definition) is 0. The van der Waals surface area contributed by atoms with Crippen LogP contribution in [0, 0.1) is 17.0 Å². The number of benzene rings is 2. The minimum atomic E-state index is -0.344. The van der Waals surface area contributed by atoms with Gasteiger partial charge in [-0.3, -0.25) is 10.1 Å². The lowest BCUT2D eigenvalue weighted by Crippen LogP contribution is -1.92. The highest BCUT2D eigenvalue weighted by molar-refractivity contribution is 5.52. The quantitative estimate of drug-likeness (QED) is 0.135. The van der Waals surface area contributed by atoms with E-state index >= 15 is 0 Å². The molecule has 0 unspecified atom stereocenters. The normalized spacial score (nSPS) is 11.3. The van der Waals surface area contributed by atoms with Crippen LogP contribution in [-0.4, -0.2) is 4.92 Å². The number of rotatable bonds is 14. The standard InChI is InChI=1S/C25H35N3O2/c1-3-4-5-6-7-8-9-10-11-12-13-22-20-24(28(29)30)18-19-25(22)27-26-23-16-14-21(2)15-17-23/h14-20H,3-13H2,1-2H3. The van der Waals surface area contributed by atoms with E-state index in [4.69, 9.17) is 0 Å². The van der Waals surface area contributed by atoms with Gasteiger partial charge in [-0.1, -0.05) is 82.4 Å². The molecule has 0 saturated heterocycles. The molecule has 2 rings (SSSR count). The van der Waals surface area contributed by atoms with Crippen LogP contribution in [0.1, 0.15) is 82.3 Å². The van der Waals surface area contributed by atoms with Crippen molar-refractivity contribution in [2.75, 3.05) is 0 Å². The van der Waals surface area contributed by atoms with Crippen molar-refractivity contribution in [2.24, 2.45) is 10.2 Å². The van der Waals surface area contributed by atoms with Crippen molar-refractivity contribution in [3.63, 3.8) is 0 Å². The zero-order chi connectivity index (χ0) is 21.6. The van der Waals surface area contributed by atoms with Crippen molar-refractivity contribution in [1.29, 1.82) is 0 Å². The van der Waals surface area contributed by atoms with E-state index in [-0.39, 0.29) is 10.6 Å². The van der Waals surface area contributed by atoms with Crippen LogP contribution in [0.4, 0.5) is 17.1 Å². The molecule has 162 valence electrons. The summed E-state index contributed by atoms with van der Waals surface area (Å²) in [6, 6.07) is 12.7. The molecule has 0 aliphatic carbocycles. The van der Waals surface area contributed by atoms with Crippen LogP contribution in [0.25, 0.3) is 0 Å². The topological polar surface area (TPSA) is 67.9 Å². The Kier molecular flexibility index (Phi) is 10.8. The van der Waals surface area contributed by atoms with E-state index in [1.54, 1.807) is 12.1 Å². The van der Waals surface area contributed by atoms with Crippen molar-refractivity contribution in [1.82, 2.24) is 0 Å². The molecular weight excluding hydrogens is 374 g/mol. The Morgan fingerprint density at radius 1 is 0.800 bits per heavy atom. The molecule has 0 aromatic heterocycles. The molecule has 0 bridgehead atoms. The van der Waals surface area contributed by atoms with Crippen LogP contribution in [-0.2, 0) is 6.42 Å². The zero-order valence-electron chi connectivity index (χ0n) is 18.5. The van der Waals surface area contributed by atoms with Gasteiger partial charge in [0.2, 0.25) is 0 Å². The van der Waals surface area contributed by atoms with Gasteiger partial charge in [-0.05, 0) is 43.5 Å². The lowest BCUT2D eigenvalue weighted by atomic mass is 10.0. The summed E-state index contributed by atoms with van der Waals surface area (Å²) in [4.78, 5) is 10.8. The molecule has 0 aliphatic rings. The number of nitro groups is 1. The van der Waals surface area contributed by atoms with Crippen molar-refractivity contribution in [3.8, 4) is 0 Å². The minimum absolute atomic E-state index is 0.117. The Morgan fingerprint density at radius 2 is 1.40 bits per heavy atom. The van der Waals surface area contributed by atoms with Gasteiger partial charge in [0.25, 0.3) is 5.69 Å². The van der Waals surface area contributed by atoms with Gasteiger partial charge in [0, 0.05) is 12.1 Å². The van der Waals surface area contributed by atoms with Gasteiger partial charge in [0.15, 0.2) is 0 Å². The van der Waals surface area contributed by atoms with Crippen LogP contribution < -0.4 is 0 Å². The van der Waals surface area contributed by atoms with Crippen LogP contribution in [0.5, 0.6) is 0 Å². The van der Waals surface area contributed by atoms with Crippen molar-refractivity contribution >= 4 is 17.1 Å². The smallest absolute Gasteiger partial charge is 0.258 e. The first kappa shape index (κ1) is 23.7. The summed E-state index contributed by atoms with van der Waals surface area (Å²) in [6.07, 6.45) is 13.5. The van der Waals surface area contributed by atoms with Gasteiger partial charge in [-0.25, -0.2) is 0 Å². The second kappa shape index (κ2) is 13.6. The maximum Gasteiger partial charge on any atom is 0.269 e. The molecule has 0 fully saturated rings. The summed E-state index contributed by atoms with van der Waals surface area (Å²) in [6.45, 7) is 4.28. The highest BCUT2D eigenvalue weighted by Gasteiger charge is 2.10. The van der Waals surface area contributed by atoms with E-state index < -0.39 is 0 Å². The van der Waals surface area contributed by atoms with E-state index in [0.29, 0.717) is 0 Å². The predicted molar refractivity (Wildman–Crippen MR) is 124 cm³/mol. The highest BCUT2D eigenvalue weighted by atomic mass is 16.6. The van der Waals surface area contributed by atoms with Gasteiger partial charge in [0.1, 0.15) is 0 Å². The molecule has 2 aromatic rings. The molecule has 0 radical (unpaired) electrons. The average Bonchev–Trinajstić information content (AvgIpc) is 2.75. The SMILES string of the molecule is CCCCCCCCCCCCc1cc([N+](=O)[O-])ccc1N=Nc1ccc(C)cc1. The van der Waals surface area contributed by atoms with E-state index in [0.717, 1.165) is 36.2 Å². The summed E-state index contributed by atoms with van der Waals surface area (Å²) >= 11 is 0. The fraction of sp³-hybridized carbons (Fsp3) is 0.520. The summed E-state index contributed by atoms with van der Waals surface area (Å²) in [5, 5.41) is 19.8. The van der Waals surface area contributed by atoms with Crippen molar-refractivity contribution in [3.05, 3.63) is 63.7 Å². The molecule has 0 spiro atoms. The fourth-order valence-corrected chi connectivity index (χ4v) is 3.51. The van der Waals surface area contributed by atoms with Crippen molar-refractivity contribution < 1.29 is 4.92 Å². The second-order valence-corrected chi connectivity index (χ2v) is 8.04. The number of azo groups is 1. The zero-order valence-corrected chi connectivity index (χ0v) is 18.5. The van der Waals surface area contributed by atoms with E-state index in [1.807, 2.05) is 31.2 Å². The molecule has 0 atom stereocenters. The first-order valence-electron chi connectivity index (χ1n) is 11.4. The molecular formula is C25H35N3O2. The van der Waals surface area contributed by atoms with Crippen LogP contribution in [0.2, 0.25) is 0 Å². The maximum atomic E-state index is 11.2. The summed E-state index contributed by atoms with van der Waals surface area (Å²) in [5.74, 6) is 0. The Balaban J connectivity index is 1.86. The monoisotopic (exact) mass is 409 g/mol. The number of aryl methyl sites for hydroxylation is 2. The van der Waals surface area contributed by atoms with Gasteiger partial charge >= 0.3 is 0 Å². The minimum Gasteiger partial charge on any atom is -0.258 e. The van der Waals surface area contributed by atoms with E-state index in [2.05, 4.69) is 17.2 Å². The van der Waals surface area contributed by atoms with Gasteiger partial charge in [-0.15, -0.1) is 0 Å².